The minimum atomic E-state index is -0.913. The van der Waals surface area contributed by atoms with Gasteiger partial charge in [0.2, 0.25) is 0 Å². The van der Waals surface area contributed by atoms with Crippen LogP contribution in [-0.2, 0) is 0 Å². The lowest BCUT2D eigenvalue weighted by molar-refractivity contribution is 0.286. The van der Waals surface area contributed by atoms with E-state index in [4.69, 9.17) is 10.5 Å². The highest BCUT2D eigenvalue weighted by molar-refractivity contribution is 5.34. The Balaban J connectivity index is 2.06. The average molecular weight is 277 g/mol. The molecule has 0 amide bonds. The number of halogens is 2. The van der Waals surface area contributed by atoms with Crippen LogP contribution in [0, 0.1) is 25.5 Å². The highest BCUT2D eigenvalue weighted by Gasteiger charge is 2.15. The van der Waals surface area contributed by atoms with Crippen molar-refractivity contribution in [2.45, 2.75) is 19.9 Å². The predicted octanol–water partition coefficient (Wildman–Crippen LogP) is 3.66. The first-order valence-electron chi connectivity index (χ1n) is 6.38. The summed E-state index contributed by atoms with van der Waals surface area (Å²) >= 11 is 0. The summed E-state index contributed by atoms with van der Waals surface area (Å²) in [6.07, 6.45) is 0. The predicted molar refractivity (Wildman–Crippen MR) is 74.7 cm³/mol. The summed E-state index contributed by atoms with van der Waals surface area (Å²) in [5.41, 5.74) is 8.24. The summed E-state index contributed by atoms with van der Waals surface area (Å²) < 4.78 is 32.3. The van der Waals surface area contributed by atoms with E-state index in [1.165, 1.54) is 12.1 Å². The molecule has 2 aromatic carbocycles. The third kappa shape index (κ3) is 3.14. The van der Waals surface area contributed by atoms with Gasteiger partial charge in [-0.25, -0.2) is 8.78 Å². The average Bonchev–Trinajstić information content (AvgIpc) is 2.43. The Morgan fingerprint density at radius 1 is 1.10 bits per heavy atom. The Morgan fingerprint density at radius 3 is 2.55 bits per heavy atom. The van der Waals surface area contributed by atoms with E-state index in [1.54, 1.807) is 0 Å². The molecule has 2 nitrogen and oxygen atoms in total. The summed E-state index contributed by atoms with van der Waals surface area (Å²) in [6, 6.07) is 8.92. The number of ether oxygens (including phenoxy) is 1. The second-order valence-corrected chi connectivity index (χ2v) is 4.81. The van der Waals surface area contributed by atoms with E-state index >= 15 is 0 Å². The second-order valence-electron chi connectivity index (χ2n) is 4.81. The zero-order chi connectivity index (χ0) is 14.7. The molecule has 0 fully saturated rings. The van der Waals surface area contributed by atoms with Crippen LogP contribution in [0.25, 0.3) is 0 Å². The zero-order valence-corrected chi connectivity index (χ0v) is 11.5. The van der Waals surface area contributed by atoms with Crippen molar-refractivity contribution >= 4 is 0 Å². The highest BCUT2D eigenvalue weighted by Crippen LogP contribution is 2.21. The van der Waals surface area contributed by atoms with Crippen LogP contribution in [0.3, 0.4) is 0 Å². The van der Waals surface area contributed by atoms with Gasteiger partial charge in [0.15, 0.2) is 11.6 Å². The molecule has 2 rings (SSSR count). The lowest BCUT2D eigenvalue weighted by Crippen LogP contribution is -2.20. The van der Waals surface area contributed by atoms with E-state index in [0.717, 1.165) is 17.2 Å². The quantitative estimate of drug-likeness (QED) is 0.925. The Kier molecular flexibility index (Phi) is 4.35. The van der Waals surface area contributed by atoms with Crippen molar-refractivity contribution in [3.8, 4) is 5.75 Å². The van der Waals surface area contributed by atoms with E-state index in [2.05, 4.69) is 0 Å². The van der Waals surface area contributed by atoms with Crippen molar-refractivity contribution < 1.29 is 13.5 Å². The molecule has 106 valence electrons. The molecule has 1 atom stereocenters. The van der Waals surface area contributed by atoms with Gasteiger partial charge in [-0.3, -0.25) is 0 Å². The third-order valence-electron chi connectivity index (χ3n) is 3.29. The smallest absolute Gasteiger partial charge is 0.163 e. The molecule has 0 aliphatic carbocycles. The second kappa shape index (κ2) is 6.01. The van der Waals surface area contributed by atoms with Crippen LogP contribution in [-0.4, -0.2) is 6.61 Å². The molecule has 20 heavy (non-hydrogen) atoms. The van der Waals surface area contributed by atoms with Gasteiger partial charge in [-0.1, -0.05) is 18.2 Å². The molecule has 0 aromatic heterocycles. The van der Waals surface area contributed by atoms with Crippen molar-refractivity contribution in [2.24, 2.45) is 5.73 Å². The van der Waals surface area contributed by atoms with E-state index in [9.17, 15) is 8.78 Å². The number of hydrogen-bond acceptors (Lipinski definition) is 2. The van der Waals surface area contributed by atoms with Gasteiger partial charge in [-0.15, -0.1) is 0 Å². The fourth-order valence-electron chi connectivity index (χ4n) is 1.89. The lowest BCUT2D eigenvalue weighted by Gasteiger charge is -2.15. The van der Waals surface area contributed by atoms with Crippen LogP contribution < -0.4 is 10.5 Å². The maximum Gasteiger partial charge on any atom is 0.163 e. The van der Waals surface area contributed by atoms with Crippen LogP contribution in [0.2, 0.25) is 0 Å². The van der Waals surface area contributed by atoms with Gasteiger partial charge in [0.05, 0.1) is 6.04 Å². The SMILES string of the molecule is Cc1ccc(OCC(N)c2cccc(F)c2F)cc1C. The van der Waals surface area contributed by atoms with Gasteiger partial charge in [0, 0.05) is 5.56 Å². The minimum Gasteiger partial charge on any atom is -0.492 e. The summed E-state index contributed by atoms with van der Waals surface area (Å²) in [4.78, 5) is 0. The van der Waals surface area contributed by atoms with Crippen LogP contribution in [0.15, 0.2) is 36.4 Å². The highest BCUT2D eigenvalue weighted by atomic mass is 19.2. The Bertz CT molecular complexity index is 613. The Labute approximate surface area is 117 Å². The first-order valence-corrected chi connectivity index (χ1v) is 6.38. The fourth-order valence-corrected chi connectivity index (χ4v) is 1.89. The fraction of sp³-hybridized carbons (Fsp3) is 0.250. The Hall–Kier alpha value is -1.94. The molecule has 4 heteroatoms. The standard InChI is InChI=1S/C16H17F2NO/c1-10-6-7-12(8-11(10)2)20-9-15(19)13-4-3-5-14(17)16(13)18/h3-8,15H,9,19H2,1-2H3. The number of aryl methyl sites for hydroxylation is 2. The van der Waals surface area contributed by atoms with Crippen LogP contribution in [0.1, 0.15) is 22.7 Å². The van der Waals surface area contributed by atoms with E-state index in [0.29, 0.717) is 5.75 Å². The monoisotopic (exact) mass is 277 g/mol. The molecule has 0 radical (unpaired) electrons. The molecule has 2 N–H and O–H groups in total. The first kappa shape index (κ1) is 14.5. The minimum absolute atomic E-state index is 0.0862. The van der Waals surface area contributed by atoms with Crippen molar-refractivity contribution in [2.75, 3.05) is 6.61 Å². The van der Waals surface area contributed by atoms with Crippen LogP contribution in [0.5, 0.6) is 5.75 Å². The van der Waals surface area contributed by atoms with Gasteiger partial charge >= 0.3 is 0 Å². The van der Waals surface area contributed by atoms with Crippen molar-refractivity contribution in [3.05, 3.63) is 64.7 Å². The molecule has 0 saturated carbocycles. The molecule has 0 saturated heterocycles. The summed E-state index contributed by atoms with van der Waals surface area (Å²) in [5.74, 6) is -1.15. The van der Waals surface area contributed by atoms with Crippen molar-refractivity contribution in [1.82, 2.24) is 0 Å². The van der Waals surface area contributed by atoms with E-state index in [1.807, 2.05) is 32.0 Å². The summed E-state index contributed by atoms with van der Waals surface area (Å²) in [7, 11) is 0. The maximum absolute atomic E-state index is 13.6. The number of benzene rings is 2. The normalized spacial score (nSPS) is 12.2. The molecular weight excluding hydrogens is 260 g/mol. The molecule has 0 aliphatic heterocycles. The molecule has 2 aromatic rings. The third-order valence-corrected chi connectivity index (χ3v) is 3.29. The van der Waals surface area contributed by atoms with Gasteiger partial charge in [0.1, 0.15) is 12.4 Å². The lowest BCUT2D eigenvalue weighted by atomic mass is 10.1. The number of nitrogens with two attached hydrogens (primary N) is 1. The summed E-state index contributed by atoms with van der Waals surface area (Å²) in [5, 5.41) is 0. The van der Waals surface area contributed by atoms with Gasteiger partial charge in [-0.2, -0.15) is 0 Å². The molecule has 0 bridgehead atoms. The molecule has 1 unspecified atom stereocenters. The molecule has 0 spiro atoms. The van der Waals surface area contributed by atoms with Gasteiger partial charge in [-0.05, 0) is 43.2 Å². The zero-order valence-electron chi connectivity index (χ0n) is 11.5. The molecule has 0 heterocycles. The Morgan fingerprint density at radius 2 is 1.85 bits per heavy atom. The van der Waals surface area contributed by atoms with Crippen LogP contribution in [0.4, 0.5) is 8.78 Å². The van der Waals surface area contributed by atoms with Gasteiger partial charge < -0.3 is 10.5 Å². The molecular formula is C16H17F2NO. The van der Waals surface area contributed by atoms with Crippen molar-refractivity contribution in [1.29, 1.82) is 0 Å². The van der Waals surface area contributed by atoms with Gasteiger partial charge in [0.25, 0.3) is 0 Å². The van der Waals surface area contributed by atoms with Crippen LogP contribution >= 0.6 is 0 Å². The first-order chi connectivity index (χ1) is 9.49. The maximum atomic E-state index is 13.6. The topological polar surface area (TPSA) is 35.2 Å². The largest absolute Gasteiger partial charge is 0.492 e. The summed E-state index contributed by atoms with van der Waals surface area (Å²) in [6.45, 7) is 4.07. The van der Waals surface area contributed by atoms with Crippen molar-refractivity contribution in [3.63, 3.8) is 0 Å². The molecule has 0 aliphatic rings. The number of rotatable bonds is 4. The van der Waals surface area contributed by atoms with E-state index in [-0.39, 0.29) is 12.2 Å². The van der Waals surface area contributed by atoms with E-state index < -0.39 is 17.7 Å². The number of hydrogen-bond donors (Lipinski definition) is 1.